The van der Waals surface area contributed by atoms with Crippen molar-refractivity contribution in [2.24, 2.45) is 0 Å². The van der Waals surface area contributed by atoms with Crippen LogP contribution in [0, 0.1) is 6.92 Å². The van der Waals surface area contributed by atoms with Crippen LogP contribution >= 0.6 is 0 Å². The summed E-state index contributed by atoms with van der Waals surface area (Å²) in [5.41, 5.74) is 2.64. The van der Waals surface area contributed by atoms with Crippen LogP contribution in [0.4, 0.5) is 0 Å². The Morgan fingerprint density at radius 3 is 2.50 bits per heavy atom. The van der Waals surface area contributed by atoms with Gasteiger partial charge in [-0.2, -0.15) is 0 Å². The minimum atomic E-state index is 0.656. The molecule has 1 saturated heterocycles. The Kier molecular flexibility index (Phi) is 3.39. The summed E-state index contributed by atoms with van der Waals surface area (Å²) in [5.74, 6) is 1.79. The van der Waals surface area contributed by atoms with Crippen LogP contribution in [0.15, 0.2) is 12.1 Å². The van der Waals surface area contributed by atoms with Gasteiger partial charge in [-0.3, -0.25) is 4.90 Å². The fourth-order valence-electron chi connectivity index (χ4n) is 2.51. The third-order valence-electron chi connectivity index (χ3n) is 3.60. The Hall–Kier alpha value is -1.26. The van der Waals surface area contributed by atoms with Gasteiger partial charge in [0.2, 0.25) is 0 Å². The molecule has 0 bridgehead atoms. The molecule has 2 heterocycles. The van der Waals surface area contributed by atoms with Gasteiger partial charge in [0.25, 0.3) is 0 Å². The molecule has 0 amide bonds. The molecule has 18 heavy (non-hydrogen) atoms. The second-order valence-corrected chi connectivity index (χ2v) is 4.95. The molecule has 1 N–H and O–H groups in total. The molecule has 0 atom stereocenters. The number of hydrogen-bond donors (Lipinski definition) is 1. The summed E-state index contributed by atoms with van der Waals surface area (Å²) < 4.78 is 11.3. The van der Waals surface area contributed by atoms with E-state index in [2.05, 4.69) is 29.3 Å². The van der Waals surface area contributed by atoms with Crippen LogP contribution in [0.25, 0.3) is 0 Å². The van der Waals surface area contributed by atoms with Crippen LogP contribution in [0.2, 0.25) is 0 Å². The second-order valence-electron chi connectivity index (χ2n) is 4.95. The molecule has 98 valence electrons. The normalized spacial score (nSPS) is 19.8. The highest BCUT2D eigenvalue weighted by molar-refractivity contribution is 5.47. The van der Waals surface area contributed by atoms with Crippen LogP contribution in [0.5, 0.6) is 11.5 Å². The minimum absolute atomic E-state index is 0.656. The fourth-order valence-corrected chi connectivity index (χ4v) is 2.51. The highest BCUT2D eigenvalue weighted by atomic mass is 16.6. The van der Waals surface area contributed by atoms with Crippen molar-refractivity contribution >= 4 is 0 Å². The van der Waals surface area contributed by atoms with Gasteiger partial charge in [-0.15, -0.1) is 0 Å². The SMILES string of the molecule is Cc1cc2c(cc1CN1CCNCC1)OCCO2. The molecule has 1 aromatic carbocycles. The molecular formula is C14H20N2O2. The van der Waals surface area contributed by atoms with E-state index in [0.717, 1.165) is 44.2 Å². The largest absolute Gasteiger partial charge is 0.486 e. The number of hydrogen-bond acceptors (Lipinski definition) is 4. The van der Waals surface area contributed by atoms with Crippen molar-refractivity contribution < 1.29 is 9.47 Å². The van der Waals surface area contributed by atoms with Gasteiger partial charge in [0.1, 0.15) is 13.2 Å². The number of piperazine rings is 1. The molecule has 1 fully saturated rings. The summed E-state index contributed by atoms with van der Waals surface area (Å²) in [5, 5.41) is 3.38. The smallest absolute Gasteiger partial charge is 0.161 e. The van der Waals surface area contributed by atoms with Gasteiger partial charge in [0, 0.05) is 32.7 Å². The minimum Gasteiger partial charge on any atom is -0.486 e. The highest BCUT2D eigenvalue weighted by Crippen LogP contribution is 2.33. The van der Waals surface area contributed by atoms with Gasteiger partial charge >= 0.3 is 0 Å². The quantitative estimate of drug-likeness (QED) is 0.852. The lowest BCUT2D eigenvalue weighted by molar-refractivity contribution is 0.170. The predicted molar refractivity (Wildman–Crippen MR) is 70.3 cm³/mol. The van der Waals surface area contributed by atoms with E-state index in [1.807, 2.05) is 0 Å². The van der Waals surface area contributed by atoms with Crippen LogP contribution in [0.1, 0.15) is 11.1 Å². The average Bonchev–Trinajstić information content (AvgIpc) is 2.41. The molecule has 0 saturated carbocycles. The summed E-state index contributed by atoms with van der Waals surface area (Å²) in [4.78, 5) is 2.48. The van der Waals surface area contributed by atoms with Crippen molar-refractivity contribution in [2.75, 3.05) is 39.4 Å². The van der Waals surface area contributed by atoms with Crippen molar-refractivity contribution in [2.45, 2.75) is 13.5 Å². The lowest BCUT2D eigenvalue weighted by atomic mass is 10.1. The van der Waals surface area contributed by atoms with E-state index in [1.54, 1.807) is 0 Å². The summed E-state index contributed by atoms with van der Waals surface area (Å²) in [6.07, 6.45) is 0. The molecule has 2 aliphatic heterocycles. The maximum Gasteiger partial charge on any atom is 0.161 e. The Morgan fingerprint density at radius 1 is 1.11 bits per heavy atom. The zero-order valence-corrected chi connectivity index (χ0v) is 10.9. The van der Waals surface area contributed by atoms with Gasteiger partial charge in [-0.1, -0.05) is 0 Å². The first-order chi connectivity index (χ1) is 8.83. The third kappa shape index (κ3) is 2.44. The van der Waals surface area contributed by atoms with Gasteiger partial charge in [-0.05, 0) is 30.2 Å². The van der Waals surface area contributed by atoms with E-state index in [4.69, 9.17) is 9.47 Å². The highest BCUT2D eigenvalue weighted by Gasteiger charge is 2.16. The Labute approximate surface area is 108 Å². The third-order valence-corrected chi connectivity index (χ3v) is 3.60. The van der Waals surface area contributed by atoms with Crippen molar-refractivity contribution in [1.82, 2.24) is 10.2 Å². The van der Waals surface area contributed by atoms with Crippen molar-refractivity contribution in [3.8, 4) is 11.5 Å². The molecule has 0 radical (unpaired) electrons. The Morgan fingerprint density at radius 2 is 1.78 bits per heavy atom. The average molecular weight is 248 g/mol. The molecular weight excluding hydrogens is 228 g/mol. The van der Waals surface area contributed by atoms with E-state index in [9.17, 15) is 0 Å². The summed E-state index contributed by atoms with van der Waals surface area (Å²) in [7, 11) is 0. The van der Waals surface area contributed by atoms with Gasteiger partial charge in [0.05, 0.1) is 0 Å². The van der Waals surface area contributed by atoms with Gasteiger partial charge < -0.3 is 14.8 Å². The van der Waals surface area contributed by atoms with E-state index in [-0.39, 0.29) is 0 Å². The lowest BCUT2D eigenvalue weighted by Crippen LogP contribution is -2.43. The molecule has 3 rings (SSSR count). The van der Waals surface area contributed by atoms with Gasteiger partial charge in [-0.25, -0.2) is 0 Å². The van der Waals surface area contributed by atoms with E-state index in [0.29, 0.717) is 13.2 Å². The maximum atomic E-state index is 5.65. The first-order valence-corrected chi connectivity index (χ1v) is 6.65. The second kappa shape index (κ2) is 5.16. The Balaban J connectivity index is 1.78. The predicted octanol–water partition coefficient (Wildman–Crippen LogP) is 1.17. The maximum absolute atomic E-state index is 5.65. The molecule has 0 aliphatic carbocycles. The summed E-state index contributed by atoms with van der Waals surface area (Å²) >= 11 is 0. The monoisotopic (exact) mass is 248 g/mol. The Bertz CT molecular complexity index is 428. The molecule has 4 nitrogen and oxygen atoms in total. The number of nitrogens with zero attached hydrogens (tertiary/aromatic N) is 1. The number of fused-ring (bicyclic) bond motifs is 1. The van der Waals surface area contributed by atoms with E-state index < -0.39 is 0 Å². The van der Waals surface area contributed by atoms with Crippen molar-refractivity contribution in [3.05, 3.63) is 23.3 Å². The lowest BCUT2D eigenvalue weighted by Gasteiger charge is -2.28. The van der Waals surface area contributed by atoms with Gasteiger partial charge in [0.15, 0.2) is 11.5 Å². The number of aryl methyl sites for hydroxylation is 1. The topological polar surface area (TPSA) is 33.7 Å². The molecule has 0 unspecified atom stereocenters. The fraction of sp³-hybridized carbons (Fsp3) is 0.571. The van der Waals surface area contributed by atoms with Crippen LogP contribution < -0.4 is 14.8 Å². The van der Waals surface area contributed by atoms with Crippen LogP contribution in [0.3, 0.4) is 0 Å². The first kappa shape index (κ1) is 11.8. The zero-order valence-electron chi connectivity index (χ0n) is 10.9. The zero-order chi connectivity index (χ0) is 12.4. The number of nitrogens with one attached hydrogen (secondary N) is 1. The molecule has 0 spiro atoms. The van der Waals surface area contributed by atoms with Crippen molar-refractivity contribution in [1.29, 1.82) is 0 Å². The summed E-state index contributed by atoms with van der Waals surface area (Å²) in [6, 6.07) is 4.25. The molecule has 0 aromatic heterocycles. The standard InChI is InChI=1S/C14H20N2O2/c1-11-8-13-14(18-7-6-17-13)9-12(11)10-16-4-2-15-3-5-16/h8-9,15H,2-7,10H2,1H3. The number of rotatable bonds is 2. The van der Waals surface area contributed by atoms with Crippen LogP contribution in [-0.2, 0) is 6.54 Å². The number of ether oxygens (including phenoxy) is 2. The molecule has 2 aliphatic rings. The van der Waals surface area contributed by atoms with Crippen molar-refractivity contribution in [3.63, 3.8) is 0 Å². The van der Waals surface area contributed by atoms with E-state index in [1.165, 1.54) is 11.1 Å². The molecule has 1 aromatic rings. The number of benzene rings is 1. The van der Waals surface area contributed by atoms with E-state index >= 15 is 0 Å². The first-order valence-electron chi connectivity index (χ1n) is 6.65. The molecule has 4 heteroatoms. The summed E-state index contributed by atoms with van der Waals surface area (Å²) in [6.45, 7) is 8.88. The van der Waals surface area contributed by atoms with Crippen LogP contribution in [-0.4, -0.2) is 44.3 Å².